The van der Waals surface area contributed by atoms with Gasteiger partial charge < -0.3 is 10.5 Å². The molecule has 0 spiro atoms. The van der Waals surface area contributed by atoms with E-state index in [1.165, 1.54) is 38.6 Å². The molecule has 2 unspecified atom stereocenters. The highest BCUT2D eigenvalue weighted by molar-refractivity contribution is 4.92. The Hall–Kier alpha value is -0.120. The van der Waals surface area contributed by atoms with Crippen molar-refractivity contribution in [3.63, 3.8) is 0 Å². The van der Waals surface area contributed by atoms with Gasteiger partial charge in [0.15, 0.2) is 0 Å². The Kier molecular flexibility index (Phi) is 4.00. The van der Waals surface area contributed by atoms with Crippen molar-refractivity contribution in [2.75, 3.05) is 26.8 Å². The van der Waals surface area contributed by atoms with E-state index in [4.69, 9.17) is 10.5 Å². The number of likely N-dealkylation sites (tertiary alicyclic amines) is 1. The van der Waals surface area contributed by atoms with Crippen LogP contribution in [0, 0.1) is 5.92 Å². The first-order chi connectivity index (χ1) is 7.36. The second-order valence-corrected chi connectivity index (χ2v) is 4.98. The summed E-state index contributed by atoms with van der Waals surface area (Å²) in [6, 6.07) is 1.25. The van der Waals surface area contributed by atoms with E-state index in [2.05, 4.69) is 4.90 Å². The van der Waals surface area contributed by atoms with Crippen LogP contribution < -0.4 is 5.73 Å². The van der Waals surface area contributed by atoms with E-state index in [0.717, 1.165) is 19.1 Å². The lowest BCUT2D eigenvalue weighted by Gasteiger charge is -2.40. The van der Waals surface area contributed by atoms with Gasteiger partial charge in [0.05, 0.1) is 6.61 Å². The SMILES string of the molecule is COCC(C1CC1)N1CCCCC1CN. The molecular weight excluding hydrogens is 188 g/mol. The number of nitrogens with two attached hydrogens (primary N) is 1. The van der Waals surface area contributed by atoms with Gasteiger partial charge in [-0.3, -0.25) is 4.90 Å². The van der Waals surface area contributed by atoms with Crippen LogP contribution in [0.3, 0.4) is 0 Å². The monoisotopic (exact) mass is 212 g/mol. The standard InChI is InChI=1S/C12H24N2O/c1-15-9-12(10-5-6-10)14-7-3-2-4-11(14)8-13/h10-12H,2-9,13H2,1H3. The average molecular weight is 212 g/mol. The lowest BCUT2D eigenvalue weighted by atomic mass is 9.98. The Morgan fingerprint density at radius 2 is 2.13 bits per heavy atom. The second-order valence-electron chi connectivity index (χ2n) is 4.98. The van der Waals surface area contributed by atoms with E-state index in [9.17, 15) is 0 Å². The number of piperidine rings is 1. The molecule has 1 aliphatic carbocycles. The Morgan fingerprint density at radius 1 is 1.33 bits per heavy atom. The van der Waals surface area contributed by atoms with Crippen molar-refractivity contribution in [3.05, 3.63) is 0 Å². The summed E-state index contributed by atoms with van der Waals surface area (Å²) in [5, 5.41) is 0. The highest BCUT2D eigenvalue weighted by Gasteiger charge is 2.38. The summed E-state index contributed by atoms with van der Waals surface area (Å²) in [5.41, 5.74) is 5.87. The first kappa shape index (κ1) is 11.4. The van der Waals surface area contributed by atoms with Gasteiger partial charge >= 0.3 is 0 Å². The van der Waals surface area contributed by atoms with Crippen molar-refractivity contribution >= 4 is 0 Å². The predicted molar refractivity (Wildman–Crippen MR) is 61.8 cm³/mol. The maximum absolute atomic E-state index is 5.87. The molecule has 1 saturated carbocycles. The van der Waals surface area contributed by atoms with Crippen molar-refractivity contribution in [1.82, 2.24) is 4.90 Å². The lowest BCUT2D eigenvalue weighted by Crippen LogP contribution is -2.52. The van der Waals surface area contributed by atoms with Crippen LogP contribution in [0.1, 0.15) is 32.1 Å². The first-order valence-corrected chi connectivity index (χ1v) is 6.31. The normalized spacial score (nSPS) is 30.4. The summed E-state index contributed by atoms with van der Waals surface area (Å²) < 4.78 is 5.37. The van der Waals surface area contributed by atoms with E-state index in [0.29, 0.717) is 12.1 Å². The zero-order valence-corrected chi connectivity index (χ0v) is 9.82. The third-order valence-corrected chi connectivity index (χ3v) is 3.87. The molecule has 1 aliphatic heterocycles. The predicted octanol–water partition coefficient (Wildman–Crippen LogP) is 1.22. The maximum Gasteiger partial charge on any atom is 0.0620 e. The number of rotatable bonds is 5. The fraction of sp³-hybridized carbons (Fsp3) is 1.00. The molecule has 1 heterocycles. The average Bonchev–Trinajstić information content (AvgIpc) is 3.10. The summed E-state index contributed by atoms with van der Waals surface area (Å²) in [4.78, 5) is 2.63. The molecule has 3 nitrogen and oxygen atoms in total. The quantitative estimate of drug-likeness (QED) is 0.745. The number of ether oxygens (including phenoxy) is 1. The third-order valence-electron chi connectivity index (χ3n) is 3.87. The van der Waals surface area contributed by atoms with E-state index in [-0.39, 0.29) is 0 Å². The Balaban J connectivity index is 1.96. The van der Waals surface area contributed by atoms with Crippen LogP contribution >= 0.6 is 0 Å². The van der Waals surface area contributed by atoms with Crippen LogP contribution in [0.15, 0.2) is 0 Å². The van der Waals surface area contributed by atoms with Crippen molar-refractivity contribution < 1.29 is 4.74 Å². The molecule has 0 radical (unpaired) electrons. The van der Waals surface area contributed by atoms with Gasteiger partial charge in [0.25, 0.3) is 0 Å². The molecule has 1 saturated heterocycles. The number of hydrogen-bond donors (Lipinski definition) is 1. The Morgan fingerprint density at radius 3 is 2.73 bits per heavy atom. The first-order valence-electron chi connectivity index (χ1n) is 6.31. The topological polar surface area (TPSA) is 38.5 Å². The fourth-order valence-electron chi connectivity index (χ4n) is 2.87. The van der Waals surface area contributed by atoms with Crippen LogP contribution in [-0.4, -0.2) is 43.8 Å². The van der Waals surface area contributed by atoms with Crippen molar-refractivity contribution in [2.45, 2.75) is 44.2 Å². The van der Waals surface area contributed by atoms with Crippen LogP contribution in [0.4, 0.5) is 0 Å². The summed E-state index contributed by atoms with van der Waals surface area (Å²) in [7, 11) is 1.82. The highest BCUT2D eigenvalue weighted by atomic mass is 16.5. The molecule has 2 atom stereocenters. The van der Waals surface area contributed by atoms with Gasteiger partial charge in [0.2, 0.25) is 0 Å². The zero-order chi connectivity index (χ0) is 10.7. The van der Waals surface area contributed by atoms with Gasteiger partial charge in [-0.15, -0.1) is 0 Å². The summed E-state index contributed by atoms with van der Waals surface area (Å²) >= 11 is 0. The molecule has 2 fully saturated rings. The fourth-order valence-corrected chi connectivity index (χ4v) is 2.87. The minimum atomic E-state index is 0.611. The molecule has 2 N–H and O–H groups in total. The van der Waals surface area contributed by atoms with Crippen molar-refractivity contribution in [1.29, 1.82) is 0 Å². The van der Waals surface area contributed by atoms with E-state index in [1.807, 2.05) is 7.11 Å². The lowest BCUT2D eigenvalue weighted by molar-refractivity contribution is 0.0324. The number of nitrogens with zero attached hydrogens (tertiary/aromatic N) is 1. The molecule has 0 aromatic heterocycles. The van der Waals surface area contributed by atoms with Crippen LogP contribution in [0.25, 0.3) is 0 Å². The largest absolute Gasteiger partial charge is 0.383 e. The molecule has 15 heavy (non-hydrogen) atoms. The molecule has 0 amide bonds. The molecule has 3 heteroatoms. The van der Waals surface area contributed by atoms with E-state index in [1.54, 1.807) is 0 Å². The third kappa shape index (κ3) is 2.71. The second kappa shape index (κ2) is 5.28. The summed E-state index contributed by atoms with van der Waals surface area (Å²) in [5.74, 6) is 0.886. The van der Waals surface area contributed by atoms with Gasteiger partial charge in [-0.1, -0.05) is 6.42 Å². The van der Waals surface area contributed by atoms with Crippen LogP contribution in [0.2, 0.25) is 0 Å². The summed E-state index contributed by atoms with van der Waals surface area (Å²) in [6.45, 7) is 2.93. The molecule has 0 bridgehead atoms. The number of methoxy groups -OCH3 is 1. The smallest absolute Gasteiger partial charge is 0.0620 e. The van der Waals surface area contributed by atoms with Crippen molar-refractivity contribution in [3.8, 4) is 0 Å². The van der Waals surface area contributed by atoms with Gasteiger partial charge in [-0.2, -0.15) is 0 Å². The van der Waals surface area contributed by atoms with Gasteiger partial charge in [-0.25, -0.2) is 0 Å². The molecular formula is C12H24N2O. The van der Waals surface area contributed by atoms with Gasteiger partial charge in [0, 0.05) is 25.7 Å². The minimum Gasteiger partial charge on any atom is -0.383 e. The zero-order valence-electron chi connectivity index (χ0n) is 9.82. The van der Waals surface area contributed by atoms with E-state index >= 15 is 0 Å². The van der Waals surface area contributed by atoms with Crippen molar-refractivity contribution in [2.24, 2.45) is 11.7 Å². The highest BCUT2D eigenvalue weighted by Crippen LogP contribution is 2.37. The maximum atomic E-state index is 5.87. The Labute approximate surface area is 93.0 Å². The van der Waals surface area contributed by atoms with Crippen LogP contribution in [0.5, 0.6) is 0 Å². The van der Waals surface area contributed by atoms with Gasteiger partial charge in [-0.05, 0) is 38.1 Å². The summed E-state index contributed by atoms with van der Waals surface area (Å²) in [6.07, 6.45) is 6.75. The van der Waals surface area contributed by atoms with Gasteiger partial charge in [0.1, 0.15) is 0 Å². The van der Waals surface area contributed by atoms with Crippen LogP contribution in [-0.2, 0) is 4.74 Å². The van der Waals surface area contributed by atoms with E-state index < -0.39 is 0 Å². The molecule has 88 valence electrons. The Bertz CT molecular complexity index is 194. The molecule has 2 rings (SSSR count). The molecule has 0 aromatic rings. The molecule has 0 aromatic carbocycles. The minimum absolute atomic E-state index is 0.611. The number of hydrogen-bond acceptors (Lipinski definition) is 3. The molecule has 2 aliphatic rings.